The minimum absolute atomic E-state index is 0.00768. The van der Waals surface area contributed by atoms with Crippen molar-refractivity contribution in [2.24, 2.45) is 5.92 Å². The summed E-state index contributed by atoms with van der Waals surface area (Å²) in [5.41, 5.74) is 1.15. The number of nitrogens with zero attached hydrogens (tertiary/aromatic N) is 2. The van der Waals surface area contributed by atoms with Crippen LogP contribution in [0.15, 0.2) is 54.6 Å². The zero-order chi connectivity index (χ0) is 23.8. The summed E-state index contributed by atoms with van der Waals surface area (Å²) in [6.45, 7) is 2.85. The van der Waals surface area contributed by atoms with Gasteiger partial charge in [0.05, 0.1) is 30.3 Å². The molecule has 4 amide bonds. The van der Waals surface area contributed by atoms with E-state index in [1.165, 1.54) is 0 Å². The second-order valence-corrected chi connectivity index (χ2v) is 8.75. The highest BCUT2D eigenvalue weighted by molar-refractivity contribution is 6.00. The van der Waals surface area contributed by atoms with Gasteiger partial charge in [0, 0.05) is 26.2 Å². The van der Waals surface area contributed by atoms with Gasteiger partial charge in [-0.1, -0.05) is 30.3 Å². The zero-order valence-corrected chi connectivity index (χ0v) is 19.4. The molecule has 0 radical (unpaired) electrons. The quantitative estimate of drug-likeness (QED) is 0.649. The summed E-state index contributed by atoms with van der Waals surface area (Å²) < 4.78 is 5.64. The number of benzene rings is 2. The van der Waals surface area contributed by atoms with Crippen LogP contribution in [0.4, 0.5) is 16.2 Å². The van der Waals surface area contributed by atoms with Crippen LogP contribution in [0.1, 0.15) is 32.1 Å². The Morgan fingerprint density at radius 2 is 1.47 bits per heavy atom. The standard InChI is InChI=1S/C26H32N4O4/c31-24(14-18-34-21-10-2-1-3-11-21)30-17-8-9-20(19-30)25(32)27-22-12-4-5-13-23(22)28-26(33)29-15-6-7-16-29/h1-5,10-13,20H,6-9,14-19H2,(H,27,32)(H,28,33). The van der Waals surface area contributed by atoms with E-state index in [-0.39, 0.29) is 30.2 Å². The van der Waals surface area contributed by atoms with Gasteiger partial charge < -0.3 is 25.2 Å². The molecule has 4 rings (SSSR count). The lowest BCUT2D eigenvalue weighted by molar-refractivity contribution is -0.135. The minimum Gasteiger partial charge on any atom is -0.493 e. The van der Waals surface area contributed by atoms with Gasteiger partial charge in [0.15, 0.2) is 0 Å². The predicted molar refractivity (Wildman–Crippen MR) is 131 cm³/mol. The first-order valence-electron chi connectivity index (χ1n) is 12.0. The maximum absolute atomic E-state index is 13.0. The molecular formula is C26H32N4O4. The third kappa shape index (κ3) is 6.27. The Hall–Kier alpha value is -3.55. The Morgan fingerprint density at radius 1 is 0.824 bits per heavy atom. The van der Waals surface area contributed by atoms with Crippen LogP contribution in [0, 0.1) is 5.92 Å². The molecule has 2 aliphatic rings. The number of ether oxygens (including phenoxy) is 1. The summed E-state index contributed by atoms with van der Waals surface area (Å²) in [6, 6.07) is 16.5. The van der Waals surface area contributed by atoms with Crippen molar-refractivity contribution in [1.82, 2.24) is 9.80 Å². The fourth-order valence-corrected chi connectivity index (χ4v) is 4.40. The summed E-state index contributed by atoms with van der Waals surface area (Å²) in [5, 5.41) is 5.88. The summed E-state index contributed by atoms with van der Waals surface area (Å²) >= 11 is 0. The molecule has 0 aliphatic carbocycles. The first kappa shape index (κ1) is 23.6. The van der Waals surface area contributed by atoms with Gasteiger partial charge in [-0.05, 0) is 49.9 Å². The van der Waals surface area contributed by atoms with Crippen LogP contribution in [0.5, 0.6) is 5.75 Å². The lowest BCUT2D eigenvalue weighted by Crippen LogP contribution is -2.44. The SMILES string of the molecule is O=C(Nc1ccccc1NC(=O)N1CCCC1)C1CCCN(C(=O)CCOc2ccccc2)C1. The highest BCUT2D eigenvalue weighted by Crippen LogP contribution is 2.25. The molecule has 2 fully saturated rings. The maximum Gasteiger partial charge on any atom is 0.321 e. The van der Waals surface area contributed by atoms with E-state index in [4.69, 9.17) is 4.74 Å². The van der Waals surface area contributed by atoms with Crippen molar-refractivity contribution >= 4 is 29.2 Å². The monoisotopic (exact) mass is 464 g/mol. The Kier molecular flexibility index (Phi) is 8.01. The molecule has 8 nitrogen and oxygen atoms in total. The number of anilines is 2. The molecule has 2 aromatic rings. The number of carbonyl (C=O) groups is 3. The third-order valence-electron chi connectivity index (χ3n) is 6.29. The first-order valence-corrected chi connectivity index (χ1v) is 12.0. The van der Waals surface area contributed by atoms with Gasteiger partial charge in [-0.25, -0.2) is 4.79 Å². The number of hydrogen-bond donors (Lipinski definition) is 2. The topological polar surface area (TPSA) is 91.0 Å². The molecule has 1 atom stereocenters. The van der Waals surface area contributed by atoms with E-state index < -0.39 is 0 Å². The van der Waals surface area contributed by atoms with Gasteiger partial charge in [0.2, 0.25) is 11.8 Å². The van der Waals surface area contributed by atoms with Gasteiger partial charge in [-0.3, -0.25) is 9.59 Å². The number of piperidine rings is 1. The van der Waals surface area contributed by atoms with Gasteiger partial charge >= 0.3 is 6.03 Å². The second-order valence-electron chi connectivity index (χ2n) is 8.75. The van der Waals surface area contributed by atoms with Crippen LogP contribution in [0.3, 0.4) is 0 Å². The highest BCUT2D eigenvalue weighted by Gasteiger charge is 2.29. The molecule has 2 saturated heterocycles. The summed E-state index contributed by atoms with van der Waals surface area (Å²) in [7, 11) is 0. The lowest BCUT2D eigenvalue weighted by Gasteiger charge is -2.32. The van der Waals surface area contributed by atoms with Crippen LogP contribution >= 0.6 is 0 Å². The van der Waals surface area contributed by atoms with Crippen LogP contribution in [-0.2, 0) is 9.59 Å². The molecule has 34 heavy (non-hydrogen) atoms. The second kappa shape index (κ2) is 11.5. The van der Waals surface area contributed by atoms with Crippen molar-refractivity contribution in [3.8, 4) is 5.75 Å². The predicted octanol–water partition coefficient (Wildman–Crippen LogP) is 3.96. The maximum atomic E-state index is 13.0. The summed E-state index contributed by atoms with van der Waals surface area (Å²) in [6.07, 6.45) is 3.80. The van der Waals surface area contributed by atoms with Crippen molar-refractivity contribution in [3.05, 3.63) is 54.6 Å². The Morgan fingerprint density at radius 3 is 2.21 bits per heavy atom. The van der Waals surface area contributed by atoms with E-state index in [1.54, 1.807) is 21.9 Å². The fourth-order valence-electron chi connectivity index (χ4n) is 4.40. The van der Waals surface area contributed by atoms with Gasteiger partial charge in [0.1, 0.15) is 5.75 Å². The van der Waals surface area contributed by atoms with E-state index in [9.17, 15) is 14.4 Å². The minimum atomic E-state index is -0.296. The van der Waals surface area contributed by atoms with Crippen molar-refractivity contribution in [3.63, 3.8) is 0 Å². The van der Waals surface area contributed by atoms with E-state index in [2.05, 4.69) is 10.6 Å². The van der Waals surface area contributed by atoms with Gasteiger partial charge in [-0.15, -0.1) is 0 Å². The fraction of sp³-hybridized carbons (Fsp3) is 0.423. The van der Waals surface area contributed by atoms with Gasteiger partial charge in [-0.2, -0.15) is 0 Å². The number of amides is 4. The number of urea groups is 1. The van der Waals surface area contributed by atoms with E-state index in [0.29, 0.717) is 31.1 Å². The van der Waals surface area contributed by atoms with E-state index >= 15 is 0 Å². The average Bonchev–Trinajstić information content (AvgIpc) is 3.41. The third-order valence-corrected chi connectivity index (χ3v) is 6.29. The van der Waals surface area contributed by atoms with Crippen molar-refractivity contribution < 1.29 is 19.1 Å². The first-order chi connectivity index (χ1) is 16.6. The zero-order valence-electron chi connectivity index (χ0n) is 19.4. The van der Waals surface area contributed by atoms with Crippen molar-refractivity contribution in [1.29, 1.82) is 0 Å². The number of nitrogens with one attached hydrogen (secondary N) is 2. The average molecular weight is 465 g/mol. The molecular weight excluding hydrogens is 432 g/mol. The number of likely N-dealkylation sites (tertiary alicyclic amines) is 2. The van der Waals surface area contributed by atoms with Crippen LogP contribution in [0.2, 0.25) is 0 Å². The Balaban J connectivity index is 1.29. The molecule has 1 unspecified atom stereocenters. The number of para-hydroxylation sites is 3. The van der Waals surface area contributed by atoms with Crippen LogP contribution in [-0.4, -0.2) is 60.4 Å². The summed E-state index contributed by atoms with van der Waals surface area (Å²) in [4.78, 5) is 41.7. The highest BCUT2D eigenvalue weighted by atomic mass is 16.5. The molecule has 2 heterocycles. The van der Waals surface area contributed by atoms with E-state index in [1.807, 2.05) is 42.5 Å². The molecule has 2 aliphatic heterocycles. The molecule has 180 valence electrons. The number of hydrogen-bond acceptors (Lipinski definition) is 4. The van der Waals surface area contributed by atoms with Crippen LogP contribution < -0.4 is 15.4 Å². The van der Waals surface area contributed by atoms with E-state index in [0.717, 1.165) is 44.5 Å². The Labute approximate surface area is 200 Å². The smallest absolute Gasteiger partial charge is 0.321 e. The number of carbonyl (C=O) groups excluding carboxylic acids is 3. The van der Waals surface area contributed by atoms with Crippen molar-refractivity contribution in [2.45, 2.75) is 32.1 Å². The molecule has 0 bridgehead atoms. The molecule has 2 N–H and O–H groups in total. The Bertz CT molecular complexity index is 991. The molecule has 0 spiro atoms. The van der Waals surface area contributed by atoms with Gasteiger partial charge in [0.25, 0.3) is 0 Å². The van der Waals surface area contributed by atoms with Crippen LogP contribution in [0.25, 0.3) is 0 Å². The number of rotatable bonds is 7. The molecule has 0 saturated carbocycles. The largest absolute Gasteiger partial charge is 0.493 e. The molecule has 8 heteroatoms. The normalized spacial score (nSPS) is 17.8. The summed E-state index contributed by atoms with van der Waals surface area (Å²) in [5.74, 6) is 0.296. The molecule has 2 aromatic carbocycles. The molecule has 0 aromatic heterocycles. The lowest BCUT2D eigenvalue weighted by atomic mass is 9.96. The van der Waals surface area contributed by atoms with Crippen molar-refractivity contribution in [2.75, 3.05) is 43.4 Å².